The third kappa shape index (κ3) is 10.2. The van der Waals surface area contributed by atoms with Gasteiger partial charge in [0, 0.05) is 19.0 Å². The van der Waals surface area contributed by atoms with Gasteiger partial charge in [-0.2, -0.15) is 18.3 Å². The molecule has 0 fully saturated rings. The number of hydrazone groups is 1. The Balaban J connectivity index is 0.000000860. The molecule has 0 saturated heterocycles. The fourth-order valence-corrected chi connectivity index (χ4v) is 5.10. The van der Waals surface area contributed by atoms with Gasteiger partial charge < -0.3 is 16.3 Å². The number of anilines is 1. The molecule has 0 bridgehead atoms. The van der Waals surface area contributed by atoms with Crippen molar-refractivity contribution < 1.29 is 44.7 Å². The summed E-state index contributed by atoms with van der Waals surface area (Å²) in [5.41, 5.74) is 2.63. The first-order valence-corrected chi connectivity index (χ1v) is 15.8. The summed E-state index contributed by atoms with van der Waals surface area (Å²) in [6.07, 6.45) is -2.58. The summed E-state index contributed by atoms with van der Waals surface area (Å²) in [5.74, 6) is 1.78. The minimum Gasteiger partial charge on any atom is -0.475 e. The van der Waals surface area contributed by atoms with Gasteiger partial charge in [-0.1, -0.05) is 60.1 Å². The summed E-state index contributed by atoms with van der Waals surface area (Å²) in [7, 11) is -6.62. The molecular weight excluding hydrogens is 651 g/mol. The molecule has 6 N–H and O–H groups in total. The lowest BCUT2D eigenvalue weighted by Gasteiger charge is -2.25. The number of nitrogens with one attached hydrogen (secondary N) is 1. The molecule has 3 aromatic carbocycles. The number of nitrogens with zero attached hydrogens (tertiary/aromatic N) is 2. The summed E-state index contributed by atoms with van der Waals surface area (Å²) in [4.78, 5) is 22.0. The van der Waals surface area contributed by atoms with Gasteiger partial charge >= 0.3 is 12.1 Å². The summed E-state index contributed by atoms with van der Waals surface area (Å²) in [5, 5.41) is 19.2. The molecule has 0 aromatic heterocycles. The van der Waals surface area contributed by atoms with Crippen molar-refractivity contribution >= 4 is 55.4 Å². The molecule has 18 heteroatoms. The zero-order chi connectivity index (χ0) is 33.5. The standard InChI is InChI=1S/C24H26ClN5O5S2.C2HF3O2/c1-30(36(2,32)33)24(31)22(13-16-6-5-7-17(12-16)15-28-26)29-21-11-10-18(14-20(21)25)19-8-3-4-9-23(19)37(27,34)35;3-2(4,5)1(6)7/h3-12,14-15,22,29H,13,26H2,1-2H3,(H2,27,34,35);(H,6,7)/t22-;/m0./s1. The number of carbonyl (C=O) groups excluding carboxylic acids is 1. The normalized spacial score (nSPS) is 12.6. The van der Waals surface area contributed by atoms with Crippen LogP contribution < -0.4 is 16.3 Å². The van der Waals surface area contributed by atoms with Crippen LogP contribution >= 0.6 is 11.6 Å². The highest BCUT2D eigenvalue weighted by Crippen LogP contribution is 2.33. The SMILES string of the molecule is CN(C(=O)[C@H](Cc1cccc(C=NN)c1)Nc1ccc(-c2ccccc2S(N)(=O)=O)cc1Cl)S(C)(=O)=O.O=C(O)C(F)(F)F. The van der Waals surface area contributed by atoms with Gasteiger partial charge in [0.15, 0.2) is 0 Å². The highest BCUT2D eigenvalue weighted by Gasteiger charge is 2.38. The Morgan fingerprint density at radius 2 is 1.68 bits per heavy atom. The average Bonchev–Trinajstić information content (AvgIpc) is 2.92. The number of nitrogens with two attached hydrogens (primary N) is 2. The number of alkyl halides is 3. The number of primary sulfonamides is 1. The summed E-state index contributed by atoms with van der Waals surface area (Å²) in [6, 6.07) is 17.0. The smallest absolute Gasteiger partial charge is 0.475 e. The first-order chi connectivity index (χ1) is 20.3. The molecule has 12 nitrogen and oxygen atoms in total. The van der Waals surface area contributed by atoms with E-state index in [2.05, 4.69) is 10.4 Å². The maximum absolute atomic E-state index is 13.2. The highest BCUT2D eigenvalue weighted by molar-refractivity contribution is 7.89. The number of sulfonamides is 2. The van der Waals surface area contributed by atoms with Gasteiger partial charge in [-0.3, -0.25) is 4.79 Å². The van der Waals surface area contributed by atoms with Crippen molar-refractivity contribution in [1.82, 2.24) is 4.31 Å². The molecule has 44 heavy (non-hydrogen) atoms. The largest absolute Gasteiger partial charge is 0.490 e. The van der Waals surface area contributed by atoms with Gasteiger partial charge in [0.2, 0.25) is 20.0 Å². The van der Waals surface area contributed by atoms with Gasteiger partial charge in [-0.05, 0) is 34.9 Å². The van der Waals surface area contributed by atoms with Crippen molar-refractivity contribution in [3.63, 3.8) is 0 Å². The number of halogens is 4. The van der Waals surface area contributed by atoms with E-state index >= 15 is 0 Å². The Morgan fingerprint density at radius 1 is 1.07 bits per heavy atom. The third-order valence-corrected chi connectivity index (χ3v) is 8.22. The van der Waals surface area contributed by atoms with Crippen LogP contribution in [0, 0.1) is 0 Å². The van der Waals surface area contributed by atoms with Crippen LogP contribution in [-0.4, -0.2) is 69.9 Å². The van der Waals surface area contributed by atoms with E-state index in [1.807, 2.05) is 0 Å². The molecule has 0 unspecified atom stereocenters. The monoisotopic (exact) mass is 677 g/mol. The highest BCUT2D eigenvalue weighted by atomic mass is 35.5. The molecule has 0 heterocycles. The van der Waals surface area contributed by atoms with E-state index < -0.39 is 44.1 Å². The van der Waals surface area contributed by atoms with Crippen molar-refractivity contribution in [3.8, 4) is 11.1 Å². The van der Waals surface area contributed by atoms with Crippen molar-refractivity contribution in [2.24, 2.45) is 16.1 Å². The zero-order valence-electron chi connectivity index (χ0n) is 23.0. The van der Waals surface area contributed by atoms with Crippen molar-refractivity contribution in [2.75, 3.05) is 18.6 Å². The van der Waals surface area contributed by atoms with Crippen molar-refractivity contribution in [3.05, 3.63) is 82.9 Å². The molecule has 0 spiro atoms. The Bertz CT molecular complexity index is 1770. The Morgan fingerprint density at radius 3 is 2.20 bits per heavy atom. The van der Waals surface area contributed by atoms with Crippen molar-refractivity contribution in [2.45, 2.75) is 23.5 Å². The number of likely N-dealkylation sites (N-methyl/N-ethyl adjacent to an activating group) is 1. The van der Waals surface area contributed by atoms with Crippen LogP contribution in [0.5, 0.6) is 0 Å². The van der Waals surface area contributed by atoms with E-state index in [-0.39, 0.29) is 16.3 Å². The van der Waals surface area contributed by atoms with Gasteiger partial charge in [0.1, 0.15) is 6.04 Å². The third-order valence-electron chi connectivity index (χ3n) is 5.77. The summed E-state index contributed by atoms with van der Waals surface area (Å²) in [6.45, 7) is 0. The molecule has 1 atom stereocenters. The fraction of sp³-hybridized carbons (Fsp3) is 0.192. The summed E-state index contributed by atoms with van der Waals surface area (Å²) >= 11 is 6.52. The van der Waals surface area contributed by atoms with Gasteiger partial charge in [-0.15, -0.1) is 0 Å². The maximum Gasteiger partial charge on any atom is 0.490 e. The number of hydrogen-bond donors (Lipinski definition) is 4. The van der Waals surface area contributed by atoms with Crippen LogP contribution in [0.3, 0.4) is 0 Å². The number of rotatable bonds is 9. The van der Waals surface area contributed by atoms with Crippen LogP contribution in [0.25, 0.3) is 11.1 Å². The first kappa shape index (κ1) is 36.0. The number of carboxylic acid groups (broad SMARTS) is 1. The van der Waals surface area contributed by atoms with Gasteiger partial charge in [-0.25, -0.2) is 31.1 Å². The predicted molar refractivity (Wildman–Crippen MR) is 159 cm³/mol. The molecule has 3 rings (SSSR count). The molecule has 0 saturated carbocycles. The minimum atomic E-state index is -5.08. The molecule has 0 aliphatic carbocycles. The molecule has 3 aromatic rings. The van der Waals surface area contributed by atoms with Crippen LogP contribution in [0.4, 0.5) is 18.9 Å². The number of amides is 1. The number of hydrogen-bond acceptors (Lipinski definition) is 9. The number of aliphatic carboxylic acids is 1. The molecule has 238 valence electrons. The van der Waals surface area contributed by atoms with Crippen LogP contribution in [0.1, 0.15) is 11.1 Å². The first-order valence-electron chi connectivity index (χ1n) is 12.0. The van der Waals surface area contributed by atoms with Crippen LogP contribution in [-0.2, 0) is 36.1 Å². The van der Waals surface area contributed by atoms with E-state index in [0.29, 0.717) is 26.7 Å². The lowest BCUT2D eigenvalue weighted by Crippen LogP contribution is -2.44. The second-order valence-electron chi connectivity index (χ2n) is 9.03. The van der Waals surface area contributed by atoms with Crippen LogP contribution in [0.15, 0.2) is 76.7 Å². The van der Waals surface area contributed by atoms with E-state index in [0.717, 1.165) is 11.8 Å². The Hall–Kier alpha value is -4.19. The lowest BCUT2D eigenvalue weighted by atomic mass is 10.0. The van der Waals surface area contributed by atoms with E-state index in [4.69, 9.17) is 32.5 Å². The van der Waals surface area contributed by atoms with E-state index in [1.165, 1.54) is 25.4 Å². The topological polar surface area (TPSA) is 202 Å². The van der Waals surface area contributed by atoms with Gasteiger partial charge in [0.05, 0.1) is 28.1 Å². The zero-order valence-corrected chi connectivity index (χ0v) is 25.4. The van der Waals surface area contributed by atoms with E-state index in [1.54, 1.807) is 54.6 Å². The fourth-order valence-electron chi connectivity index (χ4n) is 3.65. The number of benzene rings is 3. The average molecular weight is 678 g/mol. The Labute approximate surface area is 256 Å². The second-order valence-corrected chi connectivity index (χ2v) is 13.0. The Kier molecular flexibility index (Phi) is 11.9. The molecular formula is C26H27ClF3N5O7S2. The molecule has 0 radical (unpaired) electrons. The predicted octanol–water partition coefficient (Wildman–Crippen LogP) is 3.02. The lowest BCUT2D eigenvalue weighted by molar-refractivity contribution is -0.192. The van der Waals surface area contributed by atoms with Crippen LogP contribution in [0.2, 0.25) is 5.02 Å². The van der Waals surface area contributed by atoms with Gasteiger partial charge in [0.25, 0.3) is 5.91 Å². The second kappa shape index (κ2) is 14.5. The minimum absolute atomic E-state index is 0.0597. The van der Waals surface area contributed by atoms with E-state index in [9.17, 15) is 34.8 Å². The number of carbonyl (C=O) groups is 2. The summed E-state index contributed by atoms with van der Waals surface area (Å²) < 4.78 is 80.5. The van der Waals surface area contributed by atoms with Crippen molar-refractivity contribution in [1.29, 1.82) is 0 Å². The maximum atomic E-state index is 13.2. The molecule has 0 aliphatic heterocycles. The quantitative estimate of drug-likeness (QED) is 0.149. The molecule has 0 aliphatic rings. The molecule has 1 amide bonds. The number of carboxylic acids is 1.